The van der Waals surface area contributed by atoms with E-state index in [4.69, 9.17) is 13.9 Å². The van der Waals surface area contributed by atoms with Crippen LogP contribution in [0.2, 0.25) is 0 Å². The van der Waals surface area contributed by atoms with E-state index in [0.717, 1.165) is 48.3 Å². The third kappa shape index (κ3) is 5.17. The van der Waals surface area contributed by atoms with Gasteiger partial charge in [0.2, 0.25) is 6.79 Å². The maximum Gasteiger partial charge on any atom is 0.231 e. The first-order valence-corrected chi connectivity index (χ1v) is 8.64. The molecule has 1 aromatic carbocycles. The molecule has 3 rings (SSSR count). The Balaban J connectivity index is 1.57. The first-order chi connectivity index (χ1) is 12.2. The highest BCUT2D eigenvalue weighted by Crippen LogP contribution is 2.32. The minimum absolute atomic E-state index is 0.289. The topological polar surface area (TPSA) is 68.0 Å². The Morgan fingerprint density at radius 1 is 1.16 bits per heavy atom. The summed E-state index contributed by atoms with van der Waals surface area (Å²) in [5, 5.41) is 6.73. The number of furan rings is 1. The second kappa shape index (κ2) is 8.46. The fourth-order valence-corrected chi connectivity index (χ4v) is 2.44. The average molecular weight is 343 g/mol. The van der Waals surface area contributed by atoms with Gasteiger partial charge in [-0.3, -0.25) is 0 Å². The lowest BCUT2D eigenvalue weighted by Crippen LogP contribution is -2.40. The third-order valence-corrected chi connectivity index (χ3v) is 3.78. The lowest BCUT2D eigenvalue weighted by molar-refractivity contribution is 0.174. The van der Waals surface area contributed by atoms with Crippen LogP contribution in [-0.4, -0.2) is 25.8 Å². The van der Waals surface area contributed by atoms with Crippen LogP contribution in [0.1, 0.15) is 25.2 Å². The predicted octanol–water partition coefficient (Wildman–Crippen LogP) is 2.94. The van der Waals surface area contributed by atoms with Crippen LogP contribution in [0.5, 0.6) is 11.5 Å². The molecule has 2 N–H and O–H groups in total. The summed E-state index contributed by atoms with van der Waals surface area (Å²) in [7, 11) is 0. The van der Waals surface area contributed by atoms with Crippen molar-refractivity contribution >= 4 is 5.96 Å². The summed E-state index contributed by atoms with van der Waals surface area (Å²) in [6, 6.07) is 9.81. The third-order valence-electron chi connectivity index (χ3n) is 3.78. The van der Waals surface area contributed by atoms with Gasteiger partial charge in [0.1, 0.15) is 5.76 Å². The van der Waals surface area contributed by atoms with Crippen LogP contribution in [-0.2, 0) is 13.0 Å². The van der Waals surface area contributed by atoms with Crippen LogP contribution in [0.3, 0.4) is 0 Å². The highest BCUT2D eigenvalue weighted by Gasteiger charge is 2.13. The standard InChI is InChI=1S/C19H25N3O3/c1-14(2)11-21-19(20-8-7-16-4-3-9-23-16)22-12-15-5-6-17-18(10-15)25-13-24-17/h3-6,9-10,14H,7-8,11-13H2,1-2H3,(H2,20,21,22). The van der Waals surface area contributed by atoms with Crippen molar-refractivity contribution in [3.63, 3.8) is 0 Å². The van der Waals surface area contributed by atoms with E-state index in [1.54, 1.807) is 6.26 Å². The molecule has 0 aliphatic carbocycles. The lowest BCUT2D eigenvalue weighted by atomic mass is 10.2. The number of rotatable bonds is 7. The summed E-state index contributed by atoms with van der Waals surface area (Å²) in [4.78, 5) is 4.68. The van der Waals surface area contributed by atoms with Gasteiger partial charge < -0.3 is 24.5 Å². The van der Waals surface area contributed by atoms with Gasteiger partial charge in [0.15, 0.2) is 17.5 Å². The SMILES string of the molecule is CC(C)CNC(=NCc1ccc2c(c1)OCO2)NCCc1ccco1. The minimum atomic E-state index is 0.289. The molecule has 0 fully saturated rings. The molecule has 0 amide bonds. The van der Waals surface area contributed by atoms with Crippen molar-refractivity contribution in [2.24, 2.45) is 10.9 Å². The Morgan fingerprint density at radius 3 is 2.84 bits per heavy atom. The van der Waals surface area contributed by atoms with Crippen LogP contribution in [0.25, 0.3) is 0 Å². The quantitative estimate of drug-likeness (QED) is 0.598. The molecule has 0 atom stereocenters. The highest BCUT2D eigenvalue weighted by atomic mass is 16.7. The largest absolute Gasteiger partial charge is 0.469 e. The number of hydrogen-bond donors (Lipinski definition) is 2. The van der Waals surface area contributed by atoms with Gasteiger partial charge in [-0.05, 0) is 35.7 Å². The maximum atomic E-state index is 5.42. The van der Waals surface area contributed by atoms with Crippen molar-refractivity contribution in [1.29, 1.82) is 0 Å². The van der Waals surface area contributed by atoms with Gasteiger partial charge in [-0.2, -0.15) is 0 Å². The van der Waals surface area contributed by atoms with Crippen LogP contribution in [0, 0.1) is 5.92 Å². The number of nitrogens with one attached hydrogen (secondary N) is 2. The van der Waals surface area contributed by atoms with Gasteiger partial charge in [0, 0.05) is 19.5 Å². The van der Waals surface area contributed by atoms with E-state index in [1.165, 1.54) is 0 Å². The van der Waals surface area contributed by atoms with Crippen molar-refractivity contribution in [2.75, 3.05) is 19.9 Å². The van der Waals surface area contributed by atoms with Gasteiger partial charge in [-0.1, -0.05) is 19.9 Å². The molecule has 1 aliphatic heterocycles. The Kier molecular flexibility index (Phi) is 5.82. The molecular weight excluding hydrogens is 318 g/mol. The molecule has 0 unspecified atom stereocenters. The monoisotopic (exact) mass is 343 g/mol. The molecule has 0 bridgehead atoms. The smallest absolute Gasteiger partial charge is 0.231 e. The molecule has 1 aliphatic rings. The molecule has 2 heterocycles. The number of guanidine groups is 1. The van der Waals surface area contributed by atoms with Crippen LogP contribution >= 0.6 is 0 Å². The van der Waals surface area contributed by atoms with Crippen molar-refractivity contribution in [2.45, 2.75) is 26.8 Å². The Bertz CT molecular complexity index is 696. The average Bonchev–Trinajstić information content (AvgIpc) is 3.27. The lowest BCUT2D eigenvalue weighted by Gasteiger charge is -2.14. The number of nitrogens with zero attached hydrogens (tertiary/aromatic N) is 1. The molecular formula is C19H25N3O3. The van der Waals surface area contributed by atoms with Crippen LogP contribution < -0.4 is 20.1 Å². The number of hydrogen-bond acceptors (Lipinski definition) is 4. The van der Waals surface area contributed by atoms with Crippen molar-refractivity contribution < 1.29 is 13.9 Å². The van der Waals surface area contributed by atoms with E-state index < -0.39 is 0 Å². The van der Waals surface area contributed by atoms with E-state index in [9.17, 15) is 0 Å². The number of fused-ring (bicyclic) bond motifs is 1. The summed E-state index contributed by atoms with van der Waals surface area (Å²) in [5.74, 6) is 3.89. The zero-order chi connectivity index (χ0) is 17.5. The molecule has 6 nitrogen and oxygen atoms in total. The number of benzene rings is 1. The summed E-state index contributed by atoms with van der Waals surface area (Å²) in [6.07, 6.45) is 2.51. The zero-order valence-electron chi connectivity index (χ0n) is 14.7. The summed E-state index contributed by atoms with van der Waals surface area (Å²) >= 11 is 0. The molecule has 0 spiro atoms. The van der Waals surface area contributed by atoms with Gasteiger partial charge in [-0.25, -0.2) is 4.99 Å². The molecule has 1 aromatic heterocycles. The molecule has 6 heteroatoms. The van der Waals surface area contributed by atoms with Crippen molar-refractivity contribution in [3.05, 3.63) is 47.9 Å². The van der Waals surface area contributed by atoms with Crippen LogP contribution in [0.4, 0.5) is 0 Å². The van der Waals surface area contributed by atoms with Gasteiger partial charge in [0.05, 0.1) is 12.8 Å². The zero-order valence-corrected chi connectivity index (χ0v) is 14.7. The minimum Gasteiger partial charge on any atom is -0.469 e. The Morgan fingerprint density at radius 2 is 2.04 bits per heavy atom. The van der Waals surface area contributed by atoms with E-state index in [1.807, 2.05) is 30.3 Å². The van der Waals surface area contributed by atoms with Crippen molar-refractivity contribution in [3.8, 4) is 11.5 Å². The second-order valence-corrected chi connectivity index (χ2v) is 6.38. The fourth-order valence-electron chi connectivity index (χ4n) is 2.44. The summed E-state index contributed by atoms with van der Waals surface area (Å²) < 4.78 is 16.1. The fraction of sp³-hybridized carbons (Fsp3) is 0.421. The van der Waals surface area contributed by atoms with Crippen molar-refractivity contribution in [1.82, 2.24) is 10.6 Å². The highest BCUT2D eigenvalue weighted by molar-refractivity contribution is 5.79. The van der Waals surface area contributed by atoms with Gasteiger partial charge in [-0.15, -0.1) is 0 Å². The summed E-state index contributed by atoms with van der Waals surface area (Å²) in [5.41, 5.74) is 1.08. The Hall–Kier alpha value is -2.63. The van der Waals surface area contributed by atoms with Gasteiger partial charge >= 0.3 is 0 Å². The van der Waals surface area contributed by atoms with E-state index >= 15 is 0 Å². The molecule has 134 valence electrons. The van der Waals surface area contributed by atoms with Gasteiger partial charge in [0.25, 0.3) is 0 Å². The first-order valence-electron chi connectivity index (χ1n) is 8.64. The first kappa shape index (κ1) is 17.2. The normalized spacial score (nSPS) is 13.3. The predicted molar refractivity (Wildman–Crippen MR) is 97.0 cm³/mol. The summed E-state index contributed by atoms with van der Waals surface area (Å²) in [6.45, 7) is 6.84. The van der Waals surface area contributed by atoms with E-state index in [0.29, 0.717) is 12.5 Å². The van der Waals surface area contributed by atoms with E-state index in [2.05, 4.69) is 29.5 Å². The Labute approximate surface area is 148 Å². The molecule has 25 heavy (non-hydrogen) atoms. The molecule has 2 aromatic rings. The number of aliphatic imine (C=N–C) groups is 1. The number of ether oxygens (including phenoxy) is 2. The van der Waals surface area contributed by atoms with E-state index in [-0.39, 0.29) is 6.79 Å². The van der Waals surface area contributed by atoms with Crippen LogP contribution in [0.15, 0.2) is 46.0 Å². The maximum absolute atomic E-state index is 5.42. The molecule has 0 saturated heterocycles. The molecule has 0 saturated carbocycles. The second-order valence-electron chi connectivity index (χ2n) is 6.38. The molecule has 0 radical (unpaired) electrons.